The van der Waals surface area contributed by atoms with E-state index in [2.05, 4.69) is 4.72 Å². The lowest BCUT2D eigenvalue weighted by Gasteiger charge is -2.40. The van der Waals surface area contributed by atoms with E-state index in [9.17, 15) is 8.42 Å². The number of nitrogens with one attached hydrogen (secondary N) is 1. The number of hydrogen-bond acceptors (Lipinski definition) is 5. The second-order valence-corrected chi connectivity index (χ2v) is 8.50. The van der Waals surface area contributed by atoms with Crippen LogP contribution in [0.4, 0.5) is 5.69 Å². The maximum absolute atomic E-state index is 12.0. The number of sulfonamides is 1. The van der Waals surface area contributed by atoms with E-state index in [1.165, 1.54) is 6.42 Å². The van der Waals surface area contributed by atoms with Crippen molar-refractivity contribution in [3.05, 3.63) is 24.3 Å². The number of ether oxygens (including phenoxy) is 1. The van der Waals surface area contributed by atoms with Crippen LogP contribution in [0.5, 0.6) is 5.75 Å². The van der Waals surface area contributed by atoms with E-state index in [1.54, 1.807) is 36.0 Å². The number of hydrogen-bond donors (Lipinski definition) is 2. The smallest absolute Gasteiger partial charge is 0.215 e. The van der Waals surface area contributed by atoms with Crippen molar-refractivity contribution in [3.63, 3.8) is 0 Å². The molecule has 1 aliphatic carbocycles. The van der Waals surface area contributed by atoms with E-state index in [0.29, 0.717) is 18.0 Å². The highest BCUT2D eigenvalue weighted by atomic mass is 32.2. The topological polar surface area (TPSA) is 81.4 Å². The van der Waals surface area contributed by atoms with E-state index < -0.39 is 10.0 Å². The van der Waals surface area contributed by atoms with Crippen molar-refractivity contribution in [3.8, 4) is 5.75 Å². The van der Waals surface area contributed by atoms with Gasteiger partial charge < -0.3 is 10.5 Å². The van der Waals surface area contributed by atoms with Gasteiger partial charge in [0, 0.05) is 17.0 Å². The maximum Gasteiger partial charge on any atom is 0.215 e. The molecule has 21 heavy (non-hydrogen) atoms. The Morgan fingerprint density at radius 3 is 2.52 bits per heavy atom. The molecule has 0 heterocycles. The van der Waals surface area contributed by atoms with E-state index >= 15 is 0 Å². The van der Waals surface area contributed by atoms with Crippen molar-refractivity contribution in [2.75, 3.05) is 30.9 Å². The first-order valence-corrected chi connectivity index (χ1v) is 9.83. The van der Waals surface area contributed by atoms with Crippen molar-refractivity contribution in [1.29, 1.82) is 0 Å². The minimum absolute atomic E-state index is 0.0398. The summed E-state index contributed by atoms with van der Waals surface area (Å²) in [5.41, 5.74) is 6.23. The molecule has 1 saturated carbocycles. The summed E-state index contributed by atoms with van der Waals surface area (Å²) < 4.78 is 32.1. The van der Waals surface area contributed by atoms with Gasteiger partial charge in [0.2, 0.25) is 10.0 Å². The number of nitrogen functional groups attached to an aromatic ring is 1. The zero-order valence-corrected chi connectivity index (χ0v) is 13.8. The second-order valence-electron chi connectivity index (χ2n) is 5.30. The molecule has 7 heteroatoms. The molecule has 0 spiro atoms. The van der Waals surface area contributed by atoms with Gasteiger partial charge in [0.15, 0.2) is 0 Å². The standard InChI is InChI=1S/C14H22N2O3S2/c1-20-14(7-2-8-14)11-16-21(17,18)10-9-19-13-5-3-12(15)4-6-13/h3-6,16H,2,7-11,15H2,1H3. The average molecular weight is 330 g/mol. The first kappa shape index (κ1) is 16.5. The molecule has 0 aliphatic heterocycles. The van der Waals surface area contributed by atoms with Crippen LogP contribution >= 0.6 is 11.8 Å². The van der Waals surface area contributed by atoms with Gasteiger partial charge in [-0.2, -0.15) is 11.8 Å². The Kier molecular flexibility index (Phi) is 5.40. The summed E-state index contributed by atoms with van der Waals surface area (Å²) in [6.45, 7) is 0.643. The van der Waals surface area contributed by atoms with E-state index in [1.807, 2.05) is 6.26 Å². The SMILES string of the molecule is CSC1(CNS(=O)(=O)CCOc2ccc(N)cc2)CCC1. The van der Waals surface area contributed by atoms with Crippen molar-refractivity contribution >= 4 is 27.5 Å². The van der Waals surface area contributed by atoms with E-state index in [4.69, 9.17) is 10.5 Å². The first-order valence-electron chi connectivity index (χ1n) is 6.96. The summed E-state index contributed by atoms with van der Waals surface area (Å²) in [7, 11) is -3.29. The molecule has 0 radical (unpaired) electrons. The lowest BCUT2D eigenvalue weighted by Crippen LogP contribution is -2.46. The zero-order chi connectivity index (χ0) is 15.3. The average Bonchev–Trinajstić information content (AvgIpc) is 2.40. The van der Waals surface area contributed by atoms with Gasteiger partial charge in [0.25, 0.3) is 0 Å². The van der Waals surface area contributed by atoms with Crippen LogP contribution in [0.15, 0.2) is 24.3 Å². The highest BCUT2D eigenvalue weighted by Gasteiger charge is 2.36. The zero-order valence-electron chi connectivity index (χ0n) is 12.2. The molecular formula is C14H22N2O3S2. The van der Waals surface area contributed by atoms with Gasteiger partial charge in [0.05, 0.1) is 5.75 Å². The van der Waals surface area contributed by atoms with Gasteiger partial charge in [-0.05, 0) is 43.4 Å². The Morgan fingerprint density at radius 2 is 2.00 bits per heavy atom. The lowest BCUT2D eigenvalue weighted by molar-refractivity contribution is 0.338. The molecule has 1 fully saturated rings. The number of anilines is 1. The molecule has 0 amide bonds. The molecule has 0 bridgehead atoms. The molecule has 0 atom stereocenters. The minimum Gasteiger partial charge on any atom is -0.492 e. The molecule has 5 nitrogen and oxygen atoms in total. The van der Waals surface area contributed by atoms with Crippen LogP contribution in [0.2, 0.25) is 0 Å². The van der Waals surface area contributed by atoms with Gasteiger partial charge >= 0.3 is 0 Å². The molecule has 1 aliphatic rings. The summed E-state index contributed by atoms with van der Waals surface area (Å²) >= 11 is 1.75. The fourth-order valence-electron chi connectivity index (χ4n) is 2.17. The van der Waals surface area contributed by atoms with E-state index in [-0.39, 0.29) is 17.1 Å². The Balaban J connectivity index is 1.74. The summed E-state index contributed by atoms with van der Waals surface area (Å²) in [4.78, 5) is 0. The van der Waals surface area contributed by atoms with Crippen LogP contribution in [0.25, 0.3) is 0 Å². The van der Waals surface area contributed by atoms with Gasteiger partial charge in [0.1, 0.15) is 12.4 Å². The predicted octanol–water partition coefficient (Wildman–Crippen LogP) is 1.85. The fraction of sp³-hybridized carbons (Fsp3) is 0.571. The maximum atomic E-state index is 12.0. The van der Waals surface area contributed by atoms with E-state index in [0.717, 1.165) is 12.8 Å². The van der Waals surface area contributed by atoms with Crippen molar-refractivity contribution in [2.45, 2.75) is 24.0 Å². The largest absolute Gasteiger partial charge is 0.492 e. The van der Waals surface area contributed by atoms with Crippen LogP contribution in [-0.2, 0) is 10.0 Å². The van der Waals surface area contributed by atoms with Gasteiger partial charge in [-0.15, -0.1) is 0 Å². The monoisotopic (exact) mass is 330 g/mol. The second kappa shape index (κ2) is 6.89. The Hall–Kier alpha value is -0.920. The van der Waals surface area contributed by atoms with Gasteiger partial charge in [-0.3, -0.25) is 0 Å². The van der Waals surface area contributed by atoms with Crippen LogP contribution in [0, 0.1) is 0 Å². The predicted molar refractivity (Wildman–Crippen MR) is 88.2 cm³/mol. The van der Waals surface area contributed by atoms with Crippen molar-refractivity contribution < 1.29 is 13.2 Å². The quantitative estimate of drug-likeness (QED) is 0.711. The van der Waals surface area contributed by atoms with Crippen LogP contribution < -0.4 is 15.2 Å². The lowest BCUT2D eigenvalue weighted by atomic mass is 9.84. The summed E-state index contributed by atoms with van der Waals surface area (Å²) in [5, 5.41) is 0. The molecule has 0 aromatic heterocycles. The molecule has 0 unspecified atom stereocenters. The molecule has 1 aromatic carbocycles. The highest BCUT2D eigenvalue weighted by Crippen LogP contribution is 2.42. The van der Waals surface area contributed by atoms with Gasteiger partial charge in [-0.1, -0.05) is 6.42 Å². The minimum atomic E-state index is -3.29. The third kappa shape index (κ3) is 4.79. The van der Waals surface area contributed by atoms with Crippen molar-refractivity contribution in [1.82, 2.24) is 4.72 Å². The van der Waals surface area contributed by atoms with Gasteiger partial charge in [-0.25, -0.2) is 13.1 Å². The number of nitrogens with two attached hydrogens (primary N) is 1. The normalized spacial score (nSPS) is 17.2. The Labute approximate surface area is 130 Å². The Bertz CT molecular complexity index is 549. The Morgan fingerprint density at radius 1 is 1.33 bits per heavy atom. The molecule has 2 rings (SSSR count). The summed E-state index contributed by atoms with van der Waals surface area (Å²) in [5.74, 6) is 0.584. The summed E-state index contributed by atoms with van der Waals surface area (Å²) in [6, 6.07) is 6.90. The number of thioether (sulfide) groups is 1. The van der Waals surface area contributed by atoms with Crippen LogP contribution in [0.3, 0.4) is 0 Å². The van der Waals surface area contributed by atoms with Crippen molar-refractivity contribution in [2.24, 2.45) is 0 Å². The summed E-state index contributed by atoms with van der Waals surface area (Å²) in [6.07, 6.45) is 5.39. The highest BCUT2D eigenvalue weighted by molar-refractivity contribution is 8.00. The first-order chi connectivity index (χ1) is 9.95. The number of rotatable bonds is 8. The third-order valence-corrected chi connectivity index (χ3v) is 6.52. The third-order valence-electron chi connectivity index (χ3n) is 3.81. The molecular weight excluding hydrogens is 308 g/mol. The molecule has 3 N–H and O–H groups in total. The fourth-order valence-corrected chi connectivity index (χ4v) is 4.12. The number of benzene rings is 1. The molecule has 0 saturated heterocycles. The van der Waals surface area contributed by atoms with Crippen LogP contribution in [0.1, 0.15) is 19.3 Å². The molecule has 1 aromatic rings. The molecule has 118 valence electrons. The van der Waals surface area contributed by atoms with Crippen LogP contribution in [-0.4, -0.2) is 38.3 Å².